The number of carbonyl (C=O) groups excluding carboxylic acids is 1. The van der Waals surface area contributed by atoms with Crippen LogP contribution in [0, 0.1) is 0 Å². The molecule has 2 heterocycles. The first-order chi connectivity index (χ1) is 10.1. The molecule has 0 aliphatic carbocycles. The van der Waals surface area contributed by atoms with Crippen molar-refractivity contribution in [3.05, 3.63) is 30.5 Å². The molecule has 7 nitrogen and oxygen atoms in total. The molecule has 0 aliphatic heterocycles. The van der Waals surface area contributed by atoms with Gasteiger partial charge in [0.2, 0.25) is 0 Å². The number of hydrogen-bond donors (Lipinski definition) is 2. The number of hydrogen-bond acceptors (Lipinski definition) is 5. The van der Waals surface area contributed by atoms with E-state index in [-0.39, 0.29) is 17.6 Å². The first kappa shape index (κ1) is 15.0. The van der Waals surface area contributed by atoms with Crippen molar-refractivity contribution in [2.24, 2.45) is 0 Å². The van der Waals surface area contributed by atoms with Crippen LogP contribution in [-0.4, -0.2) is 32.2 Å². The van der Waals surface area contributed by atoms with E-state index in [1.54, 1.807) is 23.3 Å². The lowest BCUT2D eigenvalue weighted by Gasteiger charge is -2.06. The van der Waals surface area contributed by atoms with Crippen molar-refractivity contribution >= 4 is 17.4 Å². The summed E-state index contributed by atoms with van der Waals surface area (Å²) in [7, 11) is 0. The highest BCUT2D eigenvalue weighted by Crippen LogP contribution is 2.11. The van der Waals surface area contributed by atoms with Gasteiger partial charge in [-0.2, -0.15) is 5.10 Å². The molecule has 2 N–H and O–H groups in total. The van der Waals surface area contributed by atoms with Gasteiger partial charge in [-0.3, -0.25) is 14.5 Å². The Hall–Kier alpha value is -2.44. The number of carbonyl (C=O) groups is 1. The molecule has 0 aliphatic rings. The largest absolute Gasteiger partial charge is 0.369 e. The molecule has 0 bridgehead atoms. The van der Waals surface area contributed by atoms with Crippen molar-refractivity contribution in [2.75, 3.05) is 17.2 Å². The zero-order valence-electron chi connectivity index (χ0n) is 12.5. The molecule has 0 unspecified atom stereocenters. The zero-order valence-corrected chi connectivity index (χ0v) is 12.5. The molecule has 2 rings (SSSR count). The van der Waals surface area contributed by atoms with E-state index in [1.807, 2.05) is 13.8 Å². The molecular weight excluding hydrogens is 268 g/mol. The zero-order chi connectivity index (χ0) is 15.2. The summed E-state index contributed by atoms with van der Waals surface area (Å²) in [5, 5.41) is 10.0. The number of anilines is 2. The molecule has 7 heteroatoms. The van der Waals surface area contributed by atoms with Gasteiger partial charge in [0.1, 0.15) is 11.5 Å². The normalized spacial score (nSPS) is 10.7. The van der Waals surface area contributed by atoms with Gasteiger partial charge in [-0.1, -0.05) is 6.92 Å². The van der Waals surface area contributed by atoms with Crippen LogP contribution in [0.3, 0.4) is 0 Å². The fraction of sp³-hybridized carbons (Fsp3) is 0.429. The third kappa shape index (κ3) is 4.01. The van der Waals surface area contributed by atoms with Crippen LogP contribution in [0.5, 0.6) is 0 Å². The fourth-order valence-electron chi connectivity index (χ4n) is 1.69. The van der Waals surface area contributed by atoms with Crippen LogP contribution in [0.2, 0.25) is 0 Å². The lowest BCUT2D eigenvalue weighted by Crippen LogP contribution is -2.15. The van der Waals surface area contributed by atoms with Crippen molar-refractivity contribution in [1.82, 2.24) is 19.7 Å². The molecule has 21 heavy (non-hydrogen) atoms. The number of aromatic nitrogens is 4. The third-order valence-electron chi connectivity index (χ3n) is 2.81. The average Bonchev–Trinajstić information content (AvgIpc) is 2.94. The van der Waals surface area contributed by atoms with Gasteiger partial charge in [-0.25, -0.2) is 4.98 Å². The maximum absolute atomic E-state index is 12.1. The van der Waals surface area contributed by atoms with E-state index >= 15 is 0 Å². The maximum Gasteiger partial charge on any atom is 0.276 e. The first-order valence-electron chi connectivity index (χ1n) is 7.01. The Morgan fingerprint density at radius 3 is 2.81 bits per heavy atom. The van der Waals surface area contributed by atoms with Crippen molar-refractivity contribution in [1.29, 1.82) is 0 Å². The van der Waals surface area contributed by atoms with Gasteiger partial charge in [-0.15, -0.1) is 0 Å². The summed E-state index contributed by atoms with van der Waals surface area (Å²) < 4.78 is 1.78. The predicted octanol–water partition coefficient (Wildman–Crippen LogP) is 2.33. The summed E-state index contributed by atoms with van der Waals surface area (Å²) in [5.74, 6) is 0.299. The molecule has 0 saturated heterocycles. The second kappa shape index (κ2) is 6.83. The monoisotopic (exact) mass is 288 g/mol. The van der Waals surface area contributed by atoms with Crippen LogP contribution in [0.4, 0.5) is 11.5 Å². The predicted molar refractivity (Wildman–Crippen MR) is 81.4 cm³/mol. The summed E-state index contributed by atoms with van der Waals surface area (Å²) in [4.78, 5) is 20.4. The van der Waals surface area contributed by atoms with Gasteiger partial charge >= 0.3 is 0 Å². The van der Waals surface area contributed by atoms with Crippen molar-refractivity contribution in [3.63, 3.8) is 0 Å². The Bertz CT molecular complexity index is 607. The quantitative estimate of drug-likeness (QED) is 0.852. The molecule has 2 aromatic heterocycles. The van der Waals surface area contributed by atoms with Gasteiger partial charge < -0.3 is 10.6 Å². The summed E-state index contributed by atoms with van der Waals surface area (Å²) in [6, 6.07) is 0.247. The van der Waals surface area contributed by atoms with E-state index in [2.05, 4.69) is 32.6 Å². The summed E-state index contributed by atoms with van der Waals surface area (Å²) in [6.45, 7) is 6.89. The highest BCUT2D eigenvalue weighted by molar-refractivity contribution is 6.02. The molecule has 0 aromatic carbocycles. The van der Waals surface area contributed by atoms with E-state index in [0.717, 1.165) is 13.0 Å². The molecule has 112 valence electrons. The smallest absolute Gasteiger partial charge is 0.276 e. The Morgan fingerprint density at radius 1 is 1.33 bits per heavy atom. The summed E-state index contributed by atoms with van der Waals surface area (Å²) in [5.41, 5.74) is 0.913. The van der Waals surface area contributed by atoms with Crippen molar-refractivity contribution in [3.8, 4) is 0 Å². The van der Waals surface area contributed by atoms with E-state index in [0.29, 0.717) is 11.5 Å². The minimum absolute atomic E-state index is 0.247. The van der Waals surface area contributed by atoms with Crippen LogP contribution in [0.15, 0.2) is 24.8 Å². The van der Waals surface area contributed by atoms with Crippen LogP contribution < -0.4 is 10.6 Å². The lowest BCUT2D eigenvalue weighted by atomic mass is 10.4. The van der Waals surface area contributed by atoms with Crippen LogP contribution in [0.25, 0.3) is 0 Å². The van der Waals surface area contributed by atoms with Crippen molar-refractivity contribution in [2.45, 2.75) is 33.2 Å². The van der Waals surface area contributed by atoms with Crippen LogP contribution in [-0.2, 0) is 0 Å². The van der Waals surface area contributed by atoms with E-state index in [9.17, 15) is 4.79 Å². The second-order valence-corrected chi connectivity index (χ2v) is 4.97. The Balaban J connectivity index is 2.05. The molecule has 0 radical (unpaired) electrons. The first-order valence-corrected chi connectivity index (χ1v) is 7.01. The maximum atomic E-state index is 12.1. The molecule has 0 saturated carbocycles. The fourth-order valence-corrected chi connectivity index (χ4v) is 1.69. The van der Waals surface area contributed by atoms with E-state index in [1.165, 1.54) is 6.20 Å². The number of rotatable bonds is 6. The number of nitrogens with zero attached hydrogens (tertiary/aromatic N) is 4. The average molecular weight is 288 g/mol. The minimum atomic E-state index is -0.300. The van der Waals surface area contributed by atoms with Crippen molar-refractivity contribution < 1.29 is 4.79 Å². The van der Waals surface area contributed by atoms with Gasteiger partial charge in [0, 0.05) is 18.8 Å². The Kier molecular flexibility index (Phi) is 4.86. The van der Waals surface area contributed by atoms with Gasteiger partial charge in [-0.05, 0) is 20.3 Å². The molecular formula is C14H20N6O. The van der Waals surface area contributed by atoms with Crippen LogP contribution in [0.1, 0.15) is 43.7 Å². The molecule has 0 fully saturated rings. The summed E-state index contributed by atoms with van der Waals surface area (Å²) >= 11 is 0. The standard InChI is InChI=1S/C14H20N6O/c1-4-5-16-13-8-15-7-12(19-13)14(21)18-11-6-17-20(9-11)10(2)3/h6-10H,4-5H2,1-3H3,(H,16,19)(H,18,21). The number of nitrogens with one attached hydrogen (secondary N) is 2. The molecule has 0 spiro atoms. The highest BCUT2D eigenvalue weighted by Gasteiger charge is 2.11. The Morgan fingerprint density at radius 2 is 2.14 bits per heavy atom. The molecule has 0 atom stereocenters. The highest BCUT2D eigenvalue weighted by atomic mass is 16.1. The third-order valence-corrected chi connectivity index (χ3v) is 2.81. The topological polar surface area (TPSA) is 84.7 Å². The Labute approximate surface area is 123 Å². The second-order valence-electron chi connectivity index (χ2n) is 4.97. The van der Waals surface area contributed by atoms with Gasteiger partial charge in [0.25, 0.3) is 5.91 Å². The van der Waals surface area contributed by atoms with E-state index in [4.69, 9.17) is 0 Å². The van der Waals surface area contributed by atoms with Gasteiger partial charge in [0.05, 0.1) is 24.3 Å². The summed E-state index contributed by atoms with van der Waals surface area (Å²) in [6.07, 6.45) is 7.43. The van der Waals surface area contributed by atoms with Crippen LogP contribution >= 0.6 is 0 Å². The molecule has 2 aromatic rings. The number of amides is 1. The SMILES string of the molecule is CCCNc1cncc(C(=O)Nc2cnn(C(C)C)c2)n1. The molecule has 1 amide bonds. The minimum Gasteiger partial charge on any atom is -0.369 e. The van der Waals surface area contributed by atoms with E-state index < -0.39 is 0 Å². The lowest BCUT2D eigenvalue weighted by molar-refractivity contribution is 0.102. The van der Waals surface area contributed by atoms with Gasteiger partial charge in [0.15, 0.2) is 0 Å².